The average molecular weight is 262 g/mol. The van der Waals surface area contributed by atoms with Crippen LogP contribution in [0.4, 0.5) is 10.1 Å². The van der Waals surface area contributed by atoms with Crippen LogP contribution in [0.5, 0.6) is 0 Å². The van der Waals surface area contributed by atoms with Crippen molar-refractivity contribution in [2.45, 2.75) is 6.42 Å². The van der Waals surface area contributed by atoms with Gasteiger partial charge in [0.25, 0.3) is 0 Å². The van der Waals surface area contributed by atoms with Crippen molar-refractivity contribution in [3.63, 3.8) is 0 Å². The maximum absolute atomic E-state index is 13.6. The van der Waals surface area contributed by atoms with Gasteiger partial charge in [0.1, 0.15) is 17.3 Å². The summed E-state index contributed by atoms with van der Waals surface area (Å²) < 4.78 is 13.6. The molecule has 3 N–H and O–H groups in total. The maximum atomic E-state index is 13.6. The number of rotatable bonds is 3. The molecule has 0 aliphatic carbocycles. The Kier molecular flexibility index (Phi) is 4.16. The molecule has 0 aromatic heterocycles. The molecular weight excluding hydrogens is 243 g/mol. The van der Waals surface area contributed by atoms with Crippen molar-refractivity contribution in [3.05, 3.63) is 41.4 Å². The Balaban J connectivity index is 2.34. The minimum atomic E-state index is -0.360. The SMILES string of the molecule is CNC1=C(C(N)=Nc2ccccc2F)CN(C)CC1. The summed E-state index contributed by atoms with van der Waals surface area (Å²) in [5.41, 5.74) is 8.33. The molecule has 0 saturated carbocycles. The number of nitrogens with two attached hydrogens (primary N) is 1. The molecule has 19 heavy (non-hydrogen) atoms. The molecular formula is C14H19FN4. The first-order valence-corrected chi connectivity index (χ1v) is 6.29. The molecule has 2 rings (SSSR count). The number of hydrogen-bond acceptors (Lipinski definition) is 3. The number of aliphatic imine (C=N–C) groups is 1. The van der Waals surface area contributed by atoms with Gasteiger partial charge in [0, 0.05) is 37.8 Å². The summed E-state index contributed by atoms with van der Waals surface area (Å²) in [6, 6.07) is 6.38. The van der Waals surface area contributed by atoms with Gasteiger partial charge >= 0.3 is 0 Å². The average Bonchev–Trinajstić information content (AvgIpc) is 2.41. The molecule has 1 aliphatic rings. The molecule has 1 aromatic rings. The van der Waals surface area contributed by atoms with Gasteiger partial charge in [0.2, 0.25) is 0 Å². The topological polar surface area (TPSA) is 53.6 Å². The molecule has 0 fully saturated rings. The van der Waals surface area contributed by atoms with Gasteiger partial charge in [-0.2, -0.15) is 0 Å². The van der Waals surface area contributed by atoms with Crippen LogP contribution in [0.15, 0.2) is 40.5 Å². The van der Waals surface area contributed by atoms with E-state index in [1.165, 1.54) is 6.07 Å². The molecule has 102 valence electrons. The third-order valence-corrected chi connectivity index (χ3v) is 3.24. The van der Waals surface area contributed by atoms with E-state index in [-0.39, 0.29) is 11.5 Å². The molecule has 1 aromatic carbocycles. The van der Waals surface area contributed by atoms with E-state index < -0.39 is 0 Å². The molecule has 5 heteroatoms. The Morgan fingerprint density at radius 2 is 2.16 bits per heavy atom. The van der Waals surface area contributed by atoms with Crippen LogP contribution in [-0.2, 0) is 0 Å². The number of amidine groups is 1. The zero-order valence-corrected chi connectivity index (χ0v) is 11.3. The molecule has 0 atom stereocenters. The van der Waals surface area contributed by atoms with Gasteiger partial charge in [-0.05, 0) is 19.2 Å². The summed E-state index contributed by atoms with van der Waals surface area (Å²) in [4.78, 5) is 6.38. The van der Waals surface area contributed by atoms with Gasteiger partial charge in [0.15, 0.2) is 0 Å². The van der Waals surface area contributed by atoms with Gasteiger partial charge in [0.05, 0.1) is 0 Å². The lowest BCUT2D eigenvalue weighted by molar-refractivity contribution is 0.348. The normalized spacial score (nSPS) is 17.7. The molecule has 1 heterocycles. The van der Waals surface area contributed by atoms with Crippen LogP contribution in [0.25, 0.3) is 0 Å². The number of benzene rings is 1. The molecule has 0 spiro atoms. The van der Waals surface area contributed by atoms with E-state index in [1.807, 2.05) is 14.1 Å². The number of halogens is 1. The summed E-state index contributed by atoms with van der Waals surface area (Å²) in [6.07, 6.45) is 0.899. The first-order chi connectivity index (χ1) is 9.11. The lowest BCUT2D eigenvalue weighted by Gasteiger charge is -2.27. The smallest absolute Gasteiger partial charge is 0.148 e. The van der Waals surface area contributed by atoms with E-state index in [4.69, 9.17) is 5.73 Å². The number of nitrogens with zero attached hydrogens (tertiary/aromatic N) is 2. The van der Waals surface area contributed by atoms with Crippen molar-refractivity contribution in [2.75, 3.05) is 27.2 Å². The third kappa shape index (κ3) is 3.12. The number of hydrogen-bond donors (Lipinski definition) is 2. The Morgan fingerprint density at radius 3 is 2.84 bits per heavy atom. The highest BCUT2D eigenvalue weighted by atomic mass is 19.1. The highest BCUT2D eigenvalue weighted by Crippen LogP contribution is 2.20. The highest BCUT2D eigenvalue weighted by Gasteiger charge is 2.18. The van der Waals surface area contributed by atoms with Crippen molar-refractivity contribution < 1.29 is 4.39 Å². The van der Waals surface area contributed by atoms with E-state index in [0.717, 1.165) is 30.8 Å². The summed E-state index contributed by atoms with van der Waals surface area (Å²) in [5, 5.41) is 3.15. The molecule has 0 saturated heterocycles. The molecule has 4 nitrogen and oxygen atoms in total. The fourth-order valence-electron chi connectivity index (χ4n) is 2.15. The van der Waals surface area contributed by atoms with Crippen LogP contribution in [0, 0.1) is 5.82 Å². The standard InChI is InChI=1S/C14H19FN4/c1-17-12-7-8-19(2)9-10(12)14(16)18-13-6-4-3-5-11(13)15/h3-6,17H,7-9H2,1-2H3,(H2,16,18). The second-order valence-electron chi connectivity index (χ2n) is 4.64. The molecule has 0 bridgehead atoms. The number of para-hydroxylation sites is 1. The molecule has 0 amide bonds. The Hall–Kier alpha value is -1.88. The lowest BCUT2D eigenvalue weighted by atomic mass is 10.1. The summed E-state index contributed by atoms with van der Waals surface area (Å²) in [5.74, 6) is 0.0159. The van der Waals surface area contributed by atoms with Crippen molar-refractivity contribution in [3.8, 4) is 0 Å². The zero-order valence-electron chi connectivity index (χ0n) is 11.3. The number of nitrogens with one attached hydrogen (secondary N) is 1. The molecule has 1 aliphatic heterocycles. The first-order valence-electron chi connectivity index (χ1n) is 6.29. The maximum Gasteiger partial charge on any atom is 0.148 e. The van der Waals surface area contributed by atoms with Crippen LogP contribution >= 0.6 is 0 Å². The van der Waals surface area contributed by atoms with Crippen LogP contribution < -0.4 is 11.1 Å². The second kappa shape index (κ2) is 5.84. The quantitative estimate of drug-likeness (QED) is 0.643. The Morgan fingerprint density at radius 1 is 1.42 bits per heavy atom. The van der Waals surface area contributed by atoms with Crippen LogP contribution in [-0.4, -0.2) is 37.9 Å². The van der Waals surface area contributed by atoms with E-state index in [1.54, 1.807) is 18.2 Å². The fraction of sp³-hybridized carbons (Fsp3) is 0.357. The van der Waals surface area contributed by atoms with Crippen LogP contribution in [0.1, 0.15) is 6.42 Å². The van der Waals surface area contributed by atoms with Crippen LogP contribution in [0.2, 0.25) is 0 Å². The van der Waals surface area contributed by atoms with Gasteiger partial charge < -0.3 is 16.0 Å². The Labute approximate surface area is 112 Å². The second-order valence-corrected chi connectivity index (χ2v) is 4.64. The Bertz CT molecular complexity index is 522. The van der Waals surface area contributed by atoms with Gasteiger partial charge in [-0.15, -0.1) is 0 Å². The van der Waals surface area contributed by atoms with E-state index in [0.29, 0.717) is 5.84 Å². The van der Waals surface area contributed by atoms with Gasteiger partial charge in [-0.1, -0.05) is 12.1 Å². The van der Waals surface area contributed by atoms with E-state index in [2.05, 4.69) is 15.2 Å². The summed E-state index contributed by atoms with van der Waals surface area (Å²) >= 11 is 0. The van der Waals surface area contributed by atoms with Crippen molar-refractivity contribution in [1.82, 2.24) is 10.2 Å². The van der Waals surface area contributed by atoms with Crippen molar-refractivity contribution in [2.24, 2.45) is 10.7 Å². The third-order valence-electron chi connectivity index (χ3n) is 3.24. The number of likely N-dealkylation sites (N-methyl/N-ethyl adjacent to an activating group) is 1. The highest BCUT2D eigenvalue weighted by molar-refractivity contribution is 5.99. The van der Waals surface area contributed by atoms with Crippen molar-refractivity contribution >= 4 is 11.5 Å². The van der Waals surface area contributed by atoms with Gasteiger partial charge in [-0.3, -0.25) is 0 Å². The predicted octanol–water partition coefficient (Wildman–Crippen LogP) is 1.62. The largest absolute Gasteiger partial charge is 0.391 e. The van der Waals surface area contributed by atoms with Crippen molar-refractivity contribution in [1.29, 1.82) is 0 Å². The lowest BCUT2D eigenvalue weighted by Crippen LogP contribution is -2.36. The first kappa shape index (κ1) is 13.5. The van der Waals surface area contributed by atoms with Crippen LogP contribution in [0.3, 0.4) is 0 Å². The molecule has 0 unspecified atom stereocenters. The van der Waals surface area contributed by atoms with E-state index >= 15 is 0 Å². The fourth-order valence-corrected chi connectivity index (χ4v) is 2.15. The predicted molar refractivity (Wildman–Crippen MR) is 75.9 cm³/mol. The minimum absolute atomic E-state index is 0.274. The monoisotopic (exact) mass is 262 g/mol. The minimum Gasteiger partial charge on any atom is -0.391 e. The van der Waals surface area contributed by atoms with E-state index in [9.17, 15) is 4.39 Å². The van der Waals surface area contributed by atoms with Gasteiger partial charge in [-0.25, -0.2) is 9.38 Å². The molecule has 0 radical (unpaired) electrons. The summed E-state index contributed by atoms with van der Waals surface area (Å²) in [6.45, 7) is 1.70. The zero-order chi connectivity index (χ0) is 13.8. The summed E-state index contributed by atoms with van der Waals surface area (Å²) in [7, 11) is 3.90.